The molecule has 5 bridgehead atoms. The number of nitrogens with one attached hydrogen (secondary N) is 1. The fourth-order valence-corrected chi connectivity index (χ4v) is 7.63. The Morgan fingerprint density at radius 1 is 1.14 bits per heavy atom. The highest BCUT2D eigenvalue weighted by Gasteiger charge is 2.75. The number of rotatable bonds is 7. The van der Waals surface area contributed by atoms with E-state index < -0.39 is 41.7 Å². The first-order valence-electron chi connectivity index (χ1n) is 15.2. The van der Waals surface area contributed by atoms with E-state index in [1.165, 1.54) is 4.90 Å². The Morgan fingerprint density at radius 2 is 1.91 bits per heavy atom. The van der Waals surface area contributed by atoms with Crippen LogP contribution in [0.1, 0.15) is 57.6 Å². The number of amides is 3. The van der Waals surface area contributed by atoms with E-state index in [0.717, 1.165) is 12.8 Å². The first-order valence-corrected chi connectivity index (χ1v) is 16.0. The summed E-state index contributed by atoms with van der Waals surface area (Å²) in [7, 11) is 0. The van der Waals surface area contributed by atoms with Gasteiger partial charge in [0, 0.05) is 36.6 Å². The number of fused-ring (bicyclic) bond motifs is 2. The quantitative estimate of drug-likeness (QED) is 0.341. The van der Waals surface area contributed by atoms with Crippen molar-refractivity contribution in [2.24, 2.45) is 11.8 Å². The molecule has 1 aromatic carbocycles. The summed E-state index contributed by atoms with van der Waals surface area (Å²) in [4.78, 5) is 58.7. The van der Waals surface area contributed by atoms with E-state index >= 15 is 0 Å². The van der Waals surface area contributed by atoms with Crippen LogP contribution in [0, 0.1) is 11.8 Å². The Balaban J connectivity index is 1.58. The van der Waals surface area contributed by atoms with Crippen LogP contribution in [0.25, 0.3) is 0 Å². The number of esters is 1. The van der Waals surface area contributed by atoms with E-state index in [9.17, 15) is 24.3 Å². The van der Waals surface area contributed by atoms with Gasteiger partial charge in [-0.1, -0.05) is 71.8 Å². The monoisotopic (exact) mass is 657 g/mol. The summed E-state index contributed by atoms with van der Waals surface area (Å²) >= 11 is 3.57. The summed E-state index contributed by atoms with van der Waals surface area (Å²) in [5.41, 5.74) is -0.659. The zero-order valence-electron chi connectivity index (χ0n) is 24.6. The number of allylic oxidation sites excluding steroid dienone is 1. The Morgan fingerprint density at radius 3 is 2.63 bits per heavy atom. The minimum atomic E-state index is -1.37. The first-order chi connectivity index (χ1) is 20.7. The van der Waals surface area contributed by atoms with Crippen molar-refractivity contribution in [1.82, 2.24) is 15.1 Å². The van der Waals surface area contributed by atoms with E-state index in [1.54, 1.807) is 11.0 Å². The standard InChI is InChI=1S/C32H40BrN3O7/c1-3-11-20(2)35-15-9-5-8-14-24(38)34-19-23(21-12-6-4-7-13-21)42-31(41)25-26-29(39)36(16-10-17-37)28(30(35)40)32(26)18-22(33)27(25)43-32/h4-7,9,12-13,18,20,23,25-28,37H,3,8,10-11,14-17,19H2,1-2H3,(H,34,38)/b9-5-/t20?,23-,25-,26+,27-,28-,32+/m1/s1. The molecule has 11 heteroatoms. The molecule has 1 spiro atoms. The number of cyclic esters (lactones) is 1. The molecule has 1 unspecified atom stereocenters. The molecule has 4 heterocycles. The minimum Gasteiger partial charge on any atom is -0.455 e. The van der Waals surface area contributed by atoms with Crippen molar-refractivity contribution < 1.29 is 33.8 Å². The van der Waals surface area contributed by atoms with E-state index in [0.29, 0.717) is 23.0 Å². The maximum atomic E-state index is 14.6. The van der Waals surface area contributed by atoms with Gasteiger partial charge in [-0.25, -0.2) is 0 Å². The highest BCUT2D eigenvalue weighted by Crippen LogP contribution is 2.59. The lowest BCUT2D eigenvalue weighted by atomic mass is 9.74. The molecule has 7 atom stereocenters. The van der Waals surface area contributed by atoms with Gasteiger partial charge in [0.05, 0.1) is 12.5 Å². The van der Waals surface area contributed by atoms with Gasteiger partial charge in [-0.05, 0) is 37.8 Å². The topological polar surface area (TPSA) is 125 Å². The molecule has 5 rings (SSSR count). The van der Waals surface area contributed by atoms with Crippen LogP contribution in [0.3, 0.4) is 0 Å². The van der Waals surface area contributed by atoms with E-state index in [2.05, 4.69) is 28.2 Å². The van der Waals surface area contributed by atoms with E-state index in [4.69, 9.17) is 9.47 Å². The lowest BCUT2D eigenvalue weighted by Gasteiger charge is -2.38. The van der Waals surface area contributed by atoms with Crippen LogP contribution in [0.5, 0.6) is 0 Å². The molecule has 2 fully saturated rings. The summed E-state index contributed by atoms with van der Waals surface area (Å²) in [5, 5.41) is 12.5. The van der Waals surface area contributed by atoms with Gasteiger partial charge >= 0.3 is 5.97 Å². The van der Waals surface area contributed by atoms with Gasteiger partial charge in [0.2, 0.25) is 17.7 Å². The number of halogens is 1. The lowest BCUT2D eigenvalue weighted by Crippen LogP contribution is -2.57. The van der Waals surface area contributed by atoms with Gasteiger partial charge in [-0.2, -0.15) is 0 Å². The molecule has 0 aromatic heterocycles. The van der Waals surface area contributed by atoms with Gasteiger partial charge in [0.25, 0.3) is 0 Å². The van der Waals surface area contributed by atoms with Crippen molar-refractivity contribution >= 4 is 39.6 Å². The third-order valence-corrected chi connectivity index (χ3v) is 9.61. The molecule has 10 nitrogen and oxygen atoms in total. The Hall–Kier alpha value is -3.02. The molecule has 4 aliphatic rings. The normalized spacial score (nSPS) is 32.7. The van der Waals surface area contributed by atoms with Crippen molar-refractivity contribution in [3.05, 3.63) is 58.6 Å². The van der Waals surface area contributed by atoms with Crippen molar-refractivity contribution in [1.29, 1.82) is 0 Å². The maximum Gasteiger partial charge on any atom is 0.313 e. The van der Waals surface area contributed by atoms with Crippen LogP contribution < -0.4 is 5.32 Å². The number of aliphatic hydroxyl groups excluding tert-OH is 1. The van der Waals surface area contributed by atoms with Crippen LogP contribution in [-0.2, 0) is 28.7 Å². The second-order valence-electron chi connectivity index (χ2n) is 11.7. The third kappa shape index (κ3) is 5.91. The van der Waals surface area contributed by atoms with Gasteiger partial charge in [0.1, 0.15) is 29.8 Å². The highest BCUT2D eigenvalue weighted by molar-refractivity contribution is 9.11. The molecule has 0 radical (unpaired) electrons. The number of carbonyl (C=O) groups excluding carboxylic acids is 4. The fraction of sp³-hybridized carbons (Fsp3) is 0.562. The number of aliphatic hydroxyl groups is 1. The Kier molecular flexibility index (Phi) is 9.73. The van der Waals surface area contributed by atoms with E-state index in [-0.39, 0.29) is 56.3 Å². The van der Waals surface area contributed by atoms with Crippen LogP contribution in [-0.4, -0.2) is 88.6 Å². The van der Waals surface area contributed by atoms with E-state index in [1.807, 2.05) is 49.4 Å². The van der Waals surface area contributed by atoms with Crippen molar-refractivity contribution in [2.75, 3.05) is 26.2 Å². The average Bonchev–Trinajstić information content (AvgIpc) is 3.58. The Bertz CT molecular complexity index is 1290. The summed E-state index contributed by atoms with van der Waals surface area (Å²) in [6, 6.07) is 8.01. The van der Waals surface area contributed by atoms with Gasteiger partial charge < -0.3 is 29.7 Å². The van der Waals surface area contributed by atoms with Crippen LogP contribution >= 0.6 is 15.9 Å². The molecule has 4 aliphatic heterocycles. The lowest BCUT2D eigenvalue weighted by molar-refractivity contribution is -0.160. The second kappa shape index (κ2) is 13.3. The number of carbonyl (C=O) groups is 4. The van der Waals surface area contributed by atoms with Crippen LogP contribution in [0.2, 0.25) is 0 Å². The smallest absolute Gasteiger partial charge is 0.313 e. The fourth-order valence-electron chi connectivity index (χ4n) is 6.89. The molecule has 43 heavy (non-hydrogen) atoms. The summed E-state index contributed by atoms with van der Waals surface area (Å²) in [5.74, 6) is -3.41. The molecule has 232 valence electrons. The van der Waals surface area contributed by atoms with Gasteiger partial charge in [-0.3, -0.25) is 19.2 Å². The number of nitrogens with zero attached hydrogens (tertiary/aromatic N) is 2. The molecule has 3 amide bonds. The number of hydrogen-bond donors (Lipinski definition) is 2. The molecule has 0 saturated carbocycles. The van der Waals surface area contributed by atoms with Crippen molar-refractivity contribution in [3.8, 4) is 0 Å². The minimum absolute atomic E-state index is 0.0728. The van der Waals surface area contributed by atoms with Crippen LogP contribution in [0.4, 0.5) is 0 Å². The van der Waals surface area contributed by atoms with Crippen molar-refractivity contribution in [2.45, 2.75) is 75.8 Å². The average molecular weight is 659 g/mol. The molecule has 2 N–H and O–H groups in total. The second-order valence-corrected chi connectivity index (χ2v) is 12.6. The molecular formula is C32H40BrN3O7. The summed E-state index contributed by atoms with van der Waals surface area (Å²) < 4.78 is 13.2. The summed E-state index contributed by atoms with van der Waals surface area (Å²) in [6.45, 7) is 4.41. The molecular weight excluding hydrogens is 618 g/mol. The first kappa shape index (κ1) is 31.4. The van der Waals surface area contributed by atoms with Gasteiger partial charge in [-0.15, -0.1) is 0 Å². The number of benzene rings is 1. The van der Waals surface area contributed by atoms with Crippen molar-refractivity contribution in [3.63, 3.8) is 0 Å². The number of likely N-dealkylation sites (tertiary alicyclic amines) is 1. The number of ether oxygens (including phenoxy) is 2. The molecule has 0 aliphatic carbocycles. The maximum absolute atomic E-state index is 14.6. The predicted molar refractivity (Wildman–Crippen MR) is 162 cm³/mol. The number of hydrogen-bond acceptors (Lipinski definition) is 7. The van der Waals surface area contributed by atoms with Crippen LogP contribution in [0.15, 0.2) is 53.0 Å². The Labute approximate surface area is 260 Å². The third-order valence-electron chi connectivity index (χ3n) is 8.93. The predicted octanol–water partition coefficient (Wildman–Crippen LogP) is 3.01. The molecule has 1 aromatic rings. The van der Waals surface area contributed by atoms with Gasteiger partial charge in [0.15, 0.2) is 0 Å². The highest BCUT2D eigenvalue weighted by atomic mass is 79.9. The summed E-state index contributed by atoms with van der Waals surface area (Å²) in [6.07, 6.45) is 6.61. The molecule has 2 saturated heterocycles. The zero-order valence-corrected chi connectivity index (χ0v) is 26.2. The zero-order chi connectivity index (χ0) is 30.7. The SMILES string of the molecule is CCCC(C)N1C/C=C\CCC(=O)NC[C@H](c2ccccc2)OC(=O)[C@H]2[C@@H]3O[C@@]4(C=C3Br)[C@@H]2C(=O)N(CCCO)[C@@H]4C1=O. The largest absolute Gasteiger partial charge is 0.455 e.